The summed E-state index contributed by atoms with van der Waals surface area (Å²) < 4.78 is 16.8. The summed E-state index contributed by atoms with van der Waals surface area (Å²) in [7, 11) is 0. The van der Waals surface area contributed by atoms with Gasteiger partial charge in [0.25, 0.3) is 0 Å². The third kappa shape index (κ3) is 52.7. The molecule has 0 aliphatic carbocycles. The van der Waals surface area contributed by atoms with Crippen LogP contribution >= 0.6 is 0 Å². The summed E-state index contributed by atoms with van der Waals surface area (Å²) in [5.74, 6) is -0.865. The van der Waals surface area contributed by atoms with E-state index in [0.29, 0.717) is 19.3 Å². The Hall–Kier alpha value is -2.11. The van der Waals surface area contributed by atoms with Gasteiger partial charge >= 0.3 is 17.9 Å². The molecule has 0 aliphatic heterocycles. The molecule has 0 fully saturated rings. The number of unbranched alkanes of at least 4 members (excludes halogenated alkanes) is 38. The average Bonchev–Trinajstić information content (AvgIpc) is 3.30. The monoisotopic (exact) mass is 915 g/mol. The average molecular weight is 916 g/mol. The van der Waals surface area contributed by atoms with Gasteiger partial charge in [0.15, 0.2) is 6.10 Å². The maximum Gasteiger partial charge on any atom is 0.306 e. The molecule has 0 aromatic rings. The number of carbonyl (C=O) groups excluding carboxylic acids is 3. The van der Waals surface area contributed by atoms with E-state index in [1.165, 1.54) is 212 Å². The summed E-state index contributed by atoms with van der Waals surface area (Å²) in [5, 5.41) is 0. The Morgan fingerprint density at radius 1 is 0.292 bits per heavy atom. The maximum absolute atomic E-state index is 12.8. The van der Waals surface area contributed by atoms with Crippen molar-refractivity contribution in [3.63, 3.8) is 0 Å². The zero-order valence-corrected chi connectivity index (χ0v) is 43.8. The molecule has 0 radical (unpaired) electrons. The molecule has 0 aromatic carbocycles. The van der Waals surface area contributed by atoms with Crippen LogP contribution < -0.4 is 0 Å². The van der Waals surface area contributed by atoms with Crippen molar-refractivity contribution in [3.8, 4) is 0 Å². The second kappa shape index (κ2) is 54.5. The quantitative estimate of drug-likeness (QED) is 0.0262. The Balaban J connectivity index is 4.27. The lowest BCUT2D eigenvalue weighted by molar-refractivity contribution is -0.167. The molecule has 0 heterocycles. The fraction of sp³-hybridized carbons (Fsp3) is 0.881. The number of allylic oxidation sites excluding steroid dienone is 4. The minimum Gasteiger partial charge on any atom is -0.462 e. The van der Waals surface area contributed by atoms with Gasteiger partial charge in [-0.2, -0.15) is 0 Å². The summed E-state index contributed by atoms with van der Waals surface area (Å²) in [6.45, 7) is 6.66. The van der Waals surface area contributed by atoms with Crippen LogP contribution in [-0.4, -0.2) is 37.2 Å². The van der Waals surface area contributed by atoms with E-state index in [1.54, 1.807) is 0 Å². The molecule has 6 nitrogen and oxygen atoms in total. The topological polar surface area (TPSA) is 78.9 Å². The SMILES string of the molecule is CCCCCCCC/C=C\CCCCCCCC(=O)OC(COC(=O)CCCCCCCCCCC/C=C\CCCCCCCCCC)COC(=O)CCCCCCCCCCCCC. The highest BCUT2D eigenvalue weighted by Gasteiger charge is 2.19. The lowest BCUT2D eigenvalue weighted by Crippen LogP contribution is -2.30. The molecule has 65 heavy (non-hydrogen) atoms. The second-order valence-corrected chi connectivity index (χ2v) is 19.6. The van der Waals surface area contributed by atoms with Crippen molar-refractivity contribution < 1.29 is 28.6 Å². The first-order chi connectivity index (χ1) is 32.0. The van der Waals surface area contributed by atoms with Crippen molar-refractivity contribution in [3.05, 3.63) is 24.3 Å². The van der Waals surface area contributed by atoms with Crippen molar-refractivity contribution in [1.29, 1.82) is 0 Å². The molecule has 0 aliphatic rings. The predicted octanol–water partition coefficient (Wildman–Crippen LogP) is 19.1. The summed E-state index contributed by atoms with van der Waals surface area (Å²) in [6, 6.07) is 0. The van der Waals surface area contributed by atoms with Gasteiger partial charge in [-0.05, 0) is 70.6 Å². The van der Waals surface area contributed by atoms with Crippen LogP contribution in [0.1, 0.15) is 316 Å². The minimum atomic E-state index is -0.772. The second-order valence-electron chi connectivity index (χ2n) is 19.6. The fourth-order valence-electron chi connectivity index (χ4n) is 8.55. The van der Waals surface area contributed by atoms with E-state index < -0.39 is 6.10 Å². The lowest BCUT2D eigenvalue weighted by atomic mass is 10.1. The summed E-state index contributed by atoms with van der Waals surface area (Å²) in [6.07, 6.45) is 63.1. The molecule has 382 valence electrons. The van der Waals surface area contributed by atoms with Crippen LogP contribution in [0, 0.1) is 0 Å². The number of esters is 3. The number of ether oxygens (including phenoxy) is 3. The number of hydrogen-bond acceptors (Lipinski definition) is 6. The van der Waals surface area contributed by atoms with Gasteiger partial charge in [-0.3, -0.25) is 14.4 Å². The highest BCUT2D eigenvalue weighted by Crippen LogP contribution is 2.16. The van der Waals surface area contributed by atoms with Crippen LogP contribution in [0.2, 0.25) is 0 Å². The van der Waals surface area contributed by atoms with Crippen molar-refractivity contribution in [2.45, 2.75) is 322 Å². The van der Waals surface area contributed by atoms with Crippen LogP contribution in [0.3, 0.4) is 0 Å². The van der Waals surface area contributed by atoms with E-state index in [-0.39, 0.29) is 31.1 Å². The zero-order chi connectivity index (χ0) is 47.2. The standard InChI is InChI=1S/C59H110O6/c1-4-7-10-13-16-19-22-24-26-27-28-29-30-31-33-34-37-40-43-46-49-52-58(61)64-55-56(54-63-57(60)51-48-45-42-39-36-21-18-15-12-9-6-3)65-59(62)53-50-47-44-41-38-35-32-25-23-20-17-14-11-8-5-2/h25,27-28,32,56H,4-24,26,29-31,33-55H2,1-3H3/b28-27-,32-25-. The highest BCUT2D eigenvalue weighted by atomic mass is 16.6. The van der Waals surface area contributed by atoms with Crippen LogP contribution in [0.15, 0.2) is 24.3 Å². The van der Waals surface area contributed by atoms with E-state index in [0.717, 1.165) is 64.2 Å². The molecule has 0 N–H and O–H groups in total. The molecule has 0 amide bonds. The summed E-state index contributed by atoms with van der Waals surface area (Å²) in [4.78, 5) is 38.1. The molecular weight excluding hydrogens is 805 g/mol. The van der Waals surface area contributed by atoms with Gasteiger partial charge in [0, 0.05) is 19.3 Å². The molecular formula is C59H110O6. The Morgan fingerprint density at radius 2 is 0.508 bits per heavy atom. The van der Waals surface area contributed by atoms with Gasteiger partial charge in [-0.15, -0.1) is 0 Å². The Morgan fingerprint density at radius 3 is 0.769 bits per heavy atom. The van der Waals surface area contributed by atoms with Crippen molar-refractivity contribution in [1.82, 2.24) is 0 Å². The van der Waals surface area contributed by atoms with Crippen LogP contribution in [-0.2, 0) is 28.6 Å². The summed E-state index contributed by atoms with van der Waals surface area (Å²) in [5.41, 5.74) is 0. The molecule has 0 spiro atoms. The van der Waals surface area contributed by atoms with E-state index in [2.05, 4.69) is 45.1 Å². The Labute approximate surface area is 404 Å². The molecule has 0 aromatic heterocycles. The van der Waals surface area contributed by atoms with E-state index in [9.17, 15) is 14.4 Å². The third-order valence-electron chi connectivity index (χ3n) is 12.9. The van der Waals surface area contributed by atoms with Crippen molar-refractivity contribution in [2.75, 3.05) is 13.2 Å². The molecule has 1 unspecified atom stereocenters. The minimum absolute atomic E-state index is 0.0711. The largest absolute Gasteiger partial charge is 0.462 e. The molecule has 6 heteroatoms. The van der Waals surface area contributed by atoms with Gasteiger partial charge in [0.2, 0.25) is 0 Å². The molecule has 0 bridgehead atoms. The van der Waals surface area contributed by atoms with E-state index >= 15 is 0 Å². The maximum atomic E-state index is 12.8. The van der Waals surface area contributed by atoms with E-state index in [4.69, 9.17) is 14.2 Å². The van der Waals surface area contributed by atoms with Crippen LogP contribution in [0.4, 0.5) is 0 Å². The third-order valence-corrected chi connectivity index (χ3v) is 12.9. The number of rotatable bonds is 53. The van der Waals surface area contributed by atoms with Crippen molar-refractivity contribution >= 4 is 17.9 Å². The Bertz CT molecular complexity index is 1050. The van der Waals surface area contributed by atoms with Gasteiger partial charge in [0.05, 0.1) is 0 Å². The van der Waals surface area contributed by atoms with Gasteiger partial charge in [0.1, 0.15) is 13.2 Å². The normalized spacial score (nSPS) is 12.1. The number of hydrogen-bond donors (Lipinski definition) is 0. The Kier molecular flexibility index (Phi) is 52.7. The first kappa shape index (κ1) is 62.9. The van der Waals surface area contributed by atoms with Crippen molar-refractivity contribution in [2.24, 2.45) is 0 Å². The first-order valence-corrected chi connectivity index (χ1v) is 28.8. The van der Waals surface area contributed by atoms with E-state index in [1.807, 2.05) is 0 Å². The fourth-order valence-corrected chi connectivity index (χ4v) is 8.55. The predicted molar refractivity (Wildman–Crippen MR) is 279 cm³/mol. The zero-order valence-electron chi connectivity index (χ0n) is 43.8. The highest BCUT2D eigenvalue weighted by molar-refractivity contribution is 5.71. The lowest BCUT2D eigenvalue weighted by Gasteiger charge is -2.18. The molecule has 0 saturated heterocycles. The molecule has 0 saturated carbocycles. The smallest absolute Gasteiger partial charge is 0.306 e. The van der Waals surface area contributed by atoms with Gasteiger partial charge in [-0.25, -0.2) is 0 Å². The summed E-state index contributed by atoms with van der Waals surface area (Å²) >= 11 is 0. The first-order valence-electron chi connectivity index (χ1n) is 28.8. The van der Waals surface area contributed by atoms with Crippen LogP contribution in [0.25, 0.3) is 0 Å². The molecule has 0 rings (SSSR count). The van der Waals surface area contributed by atoms with Gasteiger partial charge in [-0.1, -0.05) is 251 Å². The molecule has 1 atom stereocenters. The van der Waals surface area contributed by atoms with Crippen LogP contribution in [0.5, 0.6) is 0 Å². The van der Waals surface area contributed by atoms with Gasteiger partial charge < -0.3 is 14.2 Å². The number of carbonyl (C=O) groups is 3.